The third-order valence-corrected chi connectivity index (χ3v) is 5.89. The monoisotopic (exact) mass is 435 g/mol. The van der Waals surface area contributed by atoms with Gasteiger partial charge in [0.1, 0.15) is 17.5 Å². The number of ether oxygens (including phenoxy) is 1. The lowest BCUT2D eigenvalue weighted by molar-refractivity contribution is 0.122. The molecule has 0 N–H and O–H groups in total. The third kappa shape index (κ3) is 4.22. The van der Waals surface area contributed by atoms with Crippen molar-refractivity contribution in [1.82, 2.24) is 29.7 Å². The Balaban J connectivity index is 1.29. The van der Waals surface area contributed by atoms with Crippen LogP contribution in [0.3, 0.4) is 0 Å². The van der Waals surface area contributed by atoms with Crippen LogP contribution in [0, 0.1) is 20.8 Å². The molecule has 32 heavy (non-hydrogen) atoms. The van der Waals surface area contributed by atoms with Crippen LogP contribution >= 0.6 is 0 Å². The number of aromatic nitrogens is 6. The Morgan fingerprint density at radius 3 is 2.12 bits per heavy atom. The van der Waals surface area contributed by atoms with E-state index in [1.165, 1.54) is 0 Å². The van der Waals surface area contributed by atoms with Gasteiger partial charge < -0.3 is 19.4 Å². The van der Waals surface area contributed by atoms with Crippen LogP contribution in [0.4, 0.5) is 17.6 Å². The van der Waals surface area contributed by atoms with Crippen molar-refractivity contribution in [2.24, 2.45) is 0 Å². The van der Waals surface area contributed by atoms with Gasteiger partial charge in [0, 0.05) is 57.2 Å². The summed E-state index contributed by atoms with van der Waals surface area (Å²) in [4.78, 5) is 25.4. The molecule has 3 aromatic heterocycles. The van der Waals surface area contributed by atoms with Crippen molar-refractivity contribution in [3.8, 4) is 5.82 Å². The van der Waals surface area contributed by atoms with E-state index in [2.05, 4.69) is 35.8 Å². The SMILES string of the molecule is Cc1cc(C)n(-c2cc(N3CCN(c4ccnc(N5CCOCC5)n4)CC3)nc(C)n2)n1. The van der Waals surface area contributed by atoms with Gasteiger partial charge in [-0.1, -0.05) is 0 Å². The van der Waals surface area contributed by atoms with Crippen LogP contribution in [0.5, 0.6) is 0 Å². The molecule has 2 fully saturated rings. The number of nitrogens with zero attached hydrogens (tertiary/aromatic N) is 9. The zero-order chi connectivity index (χ0) is 22.1. The van der Waals surface area contributed by atoms with Gasteiger partial charge in [-0.15, -0.1) is 0 Å². The number of anilines is 3. The lowest BCUT2D eigenvalue weighted by Gasteiger charge is -2.36. The van der Waals surface area contributed by atoms with Crippen molar-refractivity contribution < 1.29 is 4.74 Å². The molecule has 10 nitrogen and oxygen atoms in total. The van der Waals surface area contributed by atoms with Crippen LogP contribution in [0.15, 0.2) is 24.4 Å². The Labute approximate surface area is 187 Å². The van der Waals surface area contributed by atoms with E-state index in [1.807, 2.05) is 43.8 Å². The van der Waals surface area contributed by atoms with E-state index >= 15 is 0 Å². The second-order valence-corrected chi connectivity index (χ2v) is 8.26. The summed E-state index contributed by atoms with van der Waals surface area (Å²) in [6, 6.07) is 6.08. The average molecular weight is 436 g/mol. The molecule has 10 heteroatoms. The minimum Gasteiger partial charge on any atom is -0.378 e. The Hall–Kier alpha value is -3.27. The topological polar surface area (TPSA) is 88.3 Å². The Morgan fingerprint density at radius 1 is 0.750 bits per heavy atom. The first kappa shape index (κ1) is 20.6. The lowest BCUT2D eigenvalue weighted by Crippen LogP contribution is -2.47. The van der Waals surface area contributed by atoms with E-state index < -0.39 is 0 Å². The molecule has 0 saturated carbocycles. The molecule has 0 atom stereocenters. The largest absolute Gasteiger partial charge is 0.378 e. The van der Waals surface area contributed by atoms with Crippen molar-refractivity contribution in [3.63, 3.8) is 0 Å². The highest BCUT2D eigenvalue weighted by Crippen LogP contribution is 2.22. The molecule has 3 aromatic rings. The van der Waals surface area contributed by atoms with Crippen LogP contribution in [-0.2, 0) is 4.74 Å². The normalized spacial score (nSPS) is 17.2. The predicted molar refractivity (Wildman–Crippen MR) is 123 cm³/mol. The summed E-state index contributed by atoms with van der Waals surface area (Å²) in [5, 5.41) is 4.58. The number of piperazine rings is 1. The summed E-state index contributed by atoms with van der Waals surface area (Å²) < 4.78 is 7.33. The lowest BCUT2D eigenvalue weighted by atomic mass is 10.3. The third-order valence-electron chi connectivity index (χ3n) is 5.89. The summed E-state index contributed by atoms with van der Waals surface area (Å²) in [6.45, 7) is 12.6. The standard InChI is InChI=1S/C22H29N9O/c1-16-14-17(2)31(27-16)21-15-20(24-18(3)25-21)29-8-6-28(7-9-29)19-4-5-23-22(26-19)30-10-12-32-13-11-30/h4-5,14-15H,6-13H2,1-3H3. The second kappa shape index (κ2) is 8.70. The molecule has 0 radical (unpaired) electrons. The quantitative estimate of drug-likeness (QED) is 0.605. The fraction of sp³-hybridized carbons (Fsp3) is 0.500. The van der Waals surface area contributed by atoms with Gasteiger partial charge in [0.25, 0.3) is 0 Å². The van der Waals surface area contributed by atoms with Crippen molar-refractivity contribution in [3.05, 3.63) is 41.6 Å². The van der Waals surface area contributed by atoms with Crippen molar-refractivity contribution in [2.75, 3.05) is 67.2 Å². The number of hydrogen-bond acceptors (Lipinski definition) is 9. The minimum absolute atomic E-state index is 0.726. The summed E-state index contributed by atoms with van der Waals surface area (Å²) >= 11 is 0. The Morgan fingerprint density at radius 2 is 1.44 bits per heavy atom. The Kier molecular flexibility index (Phi) is 5.60. The molecule has 0 bridgehead atoms. The van der Waals surface area contributed by atoms with Crippen LogP contribution in [0.25, 0.3) is 5.82 Å². The maximum Gasteiger partial charge on any atom is 0.227 e. The van der Waals surface area contributed by atoms with E-state index in [-0.39, 0.29) is 0 Å². The van der Waals surface area contributed by atoms with Crippen molar-refractivity contribution in [1.29, 1.82) is 0 Å². The maximum absolute atomic E-state index is 5.45. The first-order valence-corrected chi connectivity index (χ1v) is 11.1. The van der Waals surface area contributed by atoms with E-state index in [0.717, 1.165) is 93.1 Å². The molecule has 2 saturated heterocycles. The molecule has 0 amide bonds. The van der Waals surface area contributed by atoms with Gasteiger partial charge in [-0.3, -0.25) is 0 Å². The molecule has 2 aliphatic rings. The zero-order valence-corrected chi connectivity index (χ0v) is 18.9. The Bertz CT molecular complexity index is 1080. The van der Waals surface area contributed by atoms with E-state index in [4.69, 9.17) is 14.7 Å². The van der Waals surface area contributed by atoms with Gasteiger partial charge in [-0.25, -0.2) is 19.6 Å². The highest BCUT2D eigenvalue weighted by molar-refractivity contribution is 5.49. The first-order valence-electron chi connectivity index (χ1n) is 11.1. The number of morpholine rings is 1. The van der Waals surface area contributed by atoms with E-state index in [0.29, 0.717) is 0 Å². The fourth-order valence-corrected chi connectivity index (χ4v) is 4.26. The summed E-state index contributed by atoms with van der Waals surface area (Å²) in [5.74, 6) is 4.26. The second-order valence-electron chi connectivity index (χ2n) is 8.26. The zero-order valence-electron chi connectivity index (χ0n) is 18.9. The van der Waals surface area contributed by atoms with Crippen LogP contribution in [0.1, 0.15) is 17.2 Å². The van der Waals surface area contributed by atoms with E-state index in [9.17, 15) is 0 Å². The highest BCUT2D eigenvalue weighted by atomic mass is 16.5. The van der Waals surface area contributed by atoms with Gasteiger partial charge >= 0.3 is 0 Å². The minimum atomic E-state index is 0.726. The molecule has 0 spiro atoms. The predicted octanol–water partition coefficient (Wildman–Crippen LogP) is 1.54. The molecule has 0 aliphatic carbocycles. The highest BCUT2D eigenvalue weighted by Gasteiger charge is 2.22. The molecule has 0 unspecified atom stereocenters. The molecular weight excluding hydrogens is 406 g/mol. The molecule has 0 aromatic carbocycles. The molecule has 168 valence electrons. The number of hydrogen-bond donors (Lipinski definition) is 0. The fourth-order valence-electron chi connectivity index (χ4n) is 4.26. The van der Waals surface area contributed by atoms with Gasteiger partial charge in [0.2, 0.25) is 5.95 Å². The van der Waals surface area contributed by atoms with Gasteiger partial charge in [0.15, 0.2) is 5.82 Å². The molecule has 5 rings (SSSR count). The van der Waals surface area contributed by atoms with Crippen molar-refractivity contribution >= 4 is 17.6 Å². The van der Waals surface area contributed by atoms with Gasteiger partial charge in [0.05, 0.1) is 18.9 Å². The first-order chi connectivity index (χ1) is 15.6. The number of rotatable bonds is 4. The van der Waals surface area contributed by atoms with Crippen LogP contribution < -0.4 is 14.7 Å². The summed E-state index contributed by atoms with van der Waals surface area (Å²) in [7, 11) is 0. The summed E-state index contributed by atoms with van der Waals surface area (Å²) in [5.41, 5.74) is 2.05. The smallest absolute Gasteiger partial charge is 0.227 e. The number of aryl methyl sites for hydroxylation is 3. The van der Waals surface area contributed by atoms with Gasteiger partial charge in [-0.05, 0) is 32.9 Å². The van der Waals surface area contributed by atoms with Crippen molar-refractivity contribution in [2.45, 2.75) is 20.8 Å². The summed E-state index contributed by atoms with van der Waals surface area (Å²) in [6.07, 6.45) is 1.86. The molecule has 2 aliphatic heterocycles. The van der Waals surface area contributed by atoms with Gasteiger partial charge in [-0.2, -0.15) is 10.1 Å². The molecule has 5 heterocycles. The molecular formula is C22H29N9O. The average Bonchev–Trinajstić information content (AvgIpc) is 3.17. The maximum atomic E-state index is 5.45. The van der Waals surface area contributed by atoms with Crippen LogP contribution in [0.2, 0.25) is 0 Å². The van der Waals surface area contributed by atoms with E-state index in [1.54, 1.807) is 0 Å². The van der Waals surface area contributed by atoms with Crippen LogP contribution in [-0.4, -0.2) is 82.2 Å².